The van der Waals surface area contributed by atoms with Crippen LogP contribution in [0, 0.1) is 11.8 Å². The Kier molecular flexibility index (Phi) is 12.8. The lowest BCUT2D eigenvalue weighted by Crippen LogP contribution is -2.48. The molecule has 0 radical (unpaired) electrons. The molecule has 1 spiro atoms. The Labute approximate surface area is 307 Å². The largest absolute Gasteiger partial charge is 0.490 e. The van der Waals surface area contributed by atoms with Crippen molar-refractivity contribution in [2.45, 2.75) is 70.5 Å². The van der Waals surface area contributed by atoms with Crippen LogP contribution in [0.3, 0.4) is 0 Å². The van der Waals surface area contributed by atoms with Gasteiger partial charge in [0.2, 0.25) is 0 Å². The summed E-state index contributed by atoms with van der Waals surface area (Å²) in [5.41, 5.74) is 4.74. The van der Waals surface area contributed by atoms with Gasteiger partial charge in [0, 0.05) is 55.7 Å². The van der Waals surface area contributed by atoms with E-state index in [9.17, 15) is 4.79 Å². The molecule has 0 amide bonds. The second-order valence-electron chi connectivity index (χ2n) is 14.7. The number of hydrogen-bond acceptors (Lipinski definition) is 8. The first-order chi connectivity index (χ1) is 24.7. The number of morpholine rings is 1. The number of carbonyl (C=O) groups excluding carboxylic acids is 1. The number of fused-ring (bicyclic) bond motifs is 3. The highest BCUT2D eigenvalue weighted by Gasteiger charge is 2.45. The third-order valence-electron chi connectivity index (χ3n) is 11.5. The highest BCUT2D eigenvalue weighted by molar-refractivity contribution is 6.30. The molecule has 2 saturated heterocycles. The molecule has 5 atom stereocenters. The summed E-state index contributed by atoms with van der Waals surface area (Å²) in [5.74, 6) is 0.225. The predicted molar refractivity (Wildman–Crippen MR) is 199 cm³/mol. The molecule has 8 nitrogen and oxygen atoms in total. The highest BCUT2D eigenvalue weighted by Crippen LogP contribution is 2.45. The molecule has 278 valence electrons. The lowest BCUT2D eigenvalue weighted by Gasteiger charge is -2.42. The van der Waals surface area contributed by atoms with E-state index in [0.29, 0.717) is 70.4 Å². The Hall–Kier alpha value is -2.95. The Balaban J connectivity index is 1.31. The minimum Gasteiger partial charge on any atom is -0.490 e. The molecule has 0 bridgehead atoms. The van der Waals surface area contributed by atoms with E-state index in [0.717, 1.165) is 49.5 Å². The zero-order chi connectivity index (χ0) is 36.0. The van der Waals surface area contributed by atoms with Gasteiger partial charge >= 0.3 is 5.97 Å². The molecule has 2 aromatic carbocycles. The molecule has 3 aliphatic heterocycles. The van der Waals surface area contributed by atoms with Gasteiger partial charge in [0.1, 0.15) is 17.7 Å². The number of ether oxygens (including phenoxy) is 5. The number of aryl methyl sites for hydroxylation is 1. The van der Waals surface area contributed by atoms with Crippen molar-refractivity contribution >= 4 is 23.3 Å². The molecule has 0 aromatic heterocycles. The van der Waals surface area contributed by atoms with Crippen LogP contribution in [-0.2, 0) is 30.8 Å². The van der Waals surface area contributed by atoms with Crippen LogP contribution >= 0.6 is 11.6 Å². The molecule has 1 aliphatic carbocycles. The second-order valence-corrected chi connectivity index (χ2v) is 15.1. The topological polar surface area (TPSA) is 69.7 Å². The van der Waals surface area contributed by atoms with Crippen LogP contribution in [0.25, 0.3) is 0 Å². The third-order valence-corrected chi connectivity index (χ3v) is 11.7. The SMILES string of the molecule is C/C=C(\C)[C@@H](C)C/C=C(\F)C(OCCN1CCOCC1)[C@@H]1OCC[C@H]1CN1C[C@@]2(CCCc3cc(Cl)ccc32)COc2ccc(C(=O)OC)cc21. The molecule has 2 aromatic rings. The summed E-state index contributed by atoms with van der Waals surface area (Å²) in [6.45, 7) is 12.7. The number of esters is 1. The fourth-order valence-electron chi connectivity index (χ4n) is 8.17. The van der Waals surface area contributed by atoms with E-state index in [1.807, 2.05) is 25.1 Å². The maximum atomic E-state index is 16.4. The molecule has 0 N–H and O–H groups in total. The maximum Gasteiger partial charge on any atom is 0.337 e. The maximum absolute atomic E-state index is 16.4. The van der Waals surface area contributed by atoms with E-state index in [2.05, 4.69) is 41.9 Å². The average molecular weight is 725 g/mol. The normalized spacial score (nSPS) is 25.5. The van der Waals surface area contributed by atoms with Crippen molar-refractivity contribution in [1.29, 1.82) is 0 Å². The van der Waals surface area contributed by atoms with Crippen LogP contribution in [0.2, 0.25) is 5.02 Å². The zero-order valence-electron chi connectivity index (χ0n) is 30.6. The lowest BCUT2D eigenvalue weighted by molar-refractivity contribution is -0.0609. The van der Waals surface area contributed by atoms with E-state index >= 15 is 4.39 Å². The monoisotopic (exact) mass is 724 g/mol. The van der Waals surface area contributed by atoms with Gasteiger partial charge in [-0.3, -0.25) is 4.90 Å². The van der Waals surface area contributed by atoms with Crippen molar-refractivity contribution in [3.8, 4) is 5.75 Å². The van der Waals surface area contributed by atoms with E-state index < -0.39 is 18.2 Å². The number of benzene rings is 2. The summed E-state index contributed by atoms with van der Waals surface area (Å²) in [6, 6.07) is 11.7. The number of hydrogen-bond donors (Lipinski definition) is 0. The molecular weight excluding hydrogens is 671 g/mol. The Morgan fingerprint density at radius 2 is 2.00 bits per heavy atom. The smallest absolute Gasteiger partial charge is 0.337 e. The Morgan fingerprint density at radius 3 is 2.78 bits per heavy atom. The standard InChI is InChI=1S/C41H54ClFN2O6/c1-5-28(2)29(3)8-12-35(43)39(50-22-18-44-16-20-48-21-17-44)38-32(14-19-49-38)25-45-26-41(15-6-7-30-23-33(42)10-11-34(30)41)27-51-37-13-9-31(24-36(37)45)40(46)47-4/h5,9-13,23-24,29,32,38-39H,6-8,14-22,25-27H2,1-4H3/b28-5+,35-12-/t29-,32-,38+,39?,41-/m0/s1. The first kappa shape index (κ1) is 37.8. The van der Waals surface area contributed by atoms with Crippen molar-refractivity contribution in [2.24, 2.45) is 11.8 Å². The van der Waals surface area contributed by atoms with Crippen LogP contribution in [0.15, 0.2) is 60.0 Å². The van der Waals surface area contributed by atoms with E-state index in [4.69, 9.17) is 35.3 Å². The highest BCUT2D eigenvalue weighted by atomic mass is 35.5. The van der Waals surface area contributed by atoms with Crippen LogP contribution in [0.4, 0.5) is 10.1 Å². The first-order valence-corrected chi connectivity index (χ1v) is 19.0. The van der Waals surface area contributed by atoms with Gasteiger partial charge in [0.15, 0.2) is 0 Å². The van der Waals surface area contributed by atoms with Gasteiger partial charge < -0.3 is 28.6 Å². The summed E-state index contributed by atoms with van der Waals surface area (Å²) in [4.78, 5) is 17.4. The number of anilines is 1. The van der Waals surface area contributed by atoms with Gasteiger partial charge in [-0.2, -0.15) is 0 Å². The van der Waals surface area contributed by atoms with Gasteiger partial charge in [-0.1, -0.05) is 36.2 Å². The van der Waals surface area contributed by atoms with Gasteiger partial charge in [-0.05, 0) is 99.4 Å². The number of rotatable bonds is 12. The van der Waals surface area contributed by atoms with Crippen LogP contribution in [0.5, 0.6) is 5.75 Å². The molecule has 2 fully saturated rings. The van der Waals surface area contributed by atoms with Crippen LogP contribution in [-0.4, -0.2) is 95.9 Å². The first-order valence-electron chi connectivity index (χ1n) is 18.6. The number of halogens is 2. The Morgan fingerprint density at radius 1 is 1.18 bits per heavy atom. The Bertz CT molecular complexity index is 1580. The quantitative estimate of drug-likeness (QED) is 0.164. The molecule has 1 unspecified atom stereocenters. The van der Waals surface area contributed by atoms with Crippen molar-refractivity contribution in [1.82, 2.24) is 4.90 Å². The molecule has 6 rings (SSSR count). The van der Waals surface area contributed by atoms with Crippen molar-refractivity contribution < 1.29 is 32.9 Å². The summed E-state index contributed by atoms with van der Waals surface area (Å²) >= 11 is 6.47. The number of nitrogens with zero attached hydrogens (tertiary/aromatic N) is 2. The summed E-state index contributed by atoms with van der Waals surface area (Å²) in [7, 11) is 1.39. The van der Waals surface area contributed by atoms with E-state index in [1.165, 1.54) is 23.8 Å². The van der Waals surface area contributed by atoms with E-state index in [1.54, 1.807) is 12.1 Å². The summed E-state index contributed by atoms with van der Waals surface area (Å²) in [5, 5.41) is 0.735. The molecule has 0 saturated carbocycles. The minimum atomic E-state index is -0.827. The minimum absolute atomic E-state index is 0.0368. The predicted octanol–water partition coefficient (Wildman–Crippen LogP) is 7.57. The average Bonchev–Trinajstić information content (AvgIpc) is 3.55. The van der Waals surface area contributed by atoms with E-state index in [-0.39, 0.29) is 23.1 Å². The summed E-state index contributed by atoms with van der Waals surface area (Å²) in [6.07, 6.45) is 6.77. The zero-order valence-corrected chi connectivity index (χ0v) is 31.4. The molecule has 10 heteroatoms. The van der Waals surface area contributed by atoms with Gasteiger partial charge in [0.25, 0.3) is 0 Å². The van der Waals surface area contributed by atoms with Crippen molar-refractivity contribution in [3.05, 3.63) is 81.7 Å². The van der Waals surface area contributed by atoms with Crippen LogP contribution < -0.4 is 9.64 Å². The second kappa shape index (κ2) is 17.3. The van der Waals surface area contributed by atoms with Crippen molar-refractivity contribution in [2.75, 3.05) is 77.8 Å². The number of methoxy groups -OCH3 is 1. The van der Waals surface area contributed by atoms with Crippen LogP contribution in [0.1, 0.15) is 67.9 Å². The van der Waals surface area contributed by atoms with Gasteiger partial charge in [-0.15, -0.1) is 0 Å². The molecule has 3 heterocycles. The molecule has 51 heavy (non-hydrogen) atoms. The van der Waals surface area contributed by atoms with Gasteiger partial charge in [0.05, 0.1) is 50.9 Å². The fraction of sp³-hybridized carbons (Fsp3) is 0.585. The third kappa shape index (κ3) is 8.82. The summed E-state index contributed by atoms with van der Waals surface area (Å²) < 4.78 is 46.6. The fourth-order valence-corrected chi connectivity index (χ4v) is 8.36. The number of carbonyl (C=O) groups is 1. The van der Waals surface area contributed by atoms with Crippen molar-refractivity contribution in [3.63, 3.8) is 0 Å². The number of allylic oxidation sites excluding steroid dienone is 3. The molecular formula is C41H54ClFN2O6. The molecule has 4 aliphatic rings. The van der Waals surface area contributed by atoms with Gasteiger partial charge in [-0.25, -0.2) is 9.18 Å². The lowest BCUT2D eigenvalue weighted by atomic mass is 9.70.